The molecule has 1 amide bonds. The van der Waals surface area contributed by atoms with Gasteiger partial charge in [-0.3, -0.25) is 9.89 Å². The summed E-state index contributed by atoms with van der Waals surface area (Å²) in [6.07, 6.45) is 7.43. The van der Waals surface area contributed by atoms with Crippen LogP contribution in [0.4, 0.5) is 0 Å². The largest absolute Gasteiger partial charge is 0.497 e. The summed E-state index contributed by atoms with van der Waals surface area (Å²) in [4.78, 5) is 17.4. The zero-order valence-electron chi connectivity index (χ0n) is 14.8. The SMILES string of the molecule is COc1cccc(-c2[nH]ncc2C(=O)N[C@@H](c2nccn2C)C2CC2)c1. The van der Waals surface area contributed by atoms with Gasteiger partial charge in [-0.2, -0.15) is 5.10 Å². The van der Waals surface area contributed by atoms with Gasteiger partial charge in [0.1, 0.15) is 11.6 Å². The number of aromatic amines is 1. The molecule has 134 valence electrons. The van der Waals surface area contributed by atoms with Crippen LogP contribution in [-0.2, 0) is 7.05 Å². The highest BCUT2D eigenvalue weighted by atomic mass is 16.5. The van der Waals surface area contributed by atoms with E-state index in [4.69, 9.17) is 4.74 Å². The lowest BCUT2D eigenvalue weighted by Crippen LogP contribution is -2.31. The van der Waals surface area contributed by atoms with E-state index in [1.807, 2.05) is 42.1 Å². The van der Waals surface area contributed by atoms with Gasteiger partial charge in [-0.1, -0.05) is 12.1 Å². The molecule has 1 saturated carbocycles. The average molecular weight is 351 g/mol. The summed E-state index contributed by atoms with van der Waals surface area (Å²) in [7, 11) is 3.57. The summed E-state index contributed by atoms with van der Waals surface area (Å²) >= 11 is 0. The molecule has 2 N–H and O–H groups in total. The molecule has 1 atom stereocenters. The Morgan fingerprint density at radius 2 is 2.27 bits per heavy atom. The Morgan fingerprint density at radius 1 is 1.42 bits per heavy atom. The van der Waals surface area contributed by atoms with E-state index >= 15 is 0 Å². The number of imidazole rings is 1. The number of hydrogen-bond acceptors (Lipinski definition) is 4. The standard InChI is InChI=1S/C19H21N5O2/c1-24-9-8-20-18(24)17(12-6-7-12)22-19(25)15-11-21-23-16(15)13-4-3-5-14(10-13)26-2/h3-5,8-12,17H,6-7H2,1-2H3,(H,21,23)(H,22,25)/t17-/m1/s1. The number of ether oxygens (including phenoxy) is 1. The van der Waals surface area contributed by atoms with Crippen molar-refractivity contribution >= 4 is 5.91 Å². The minimum absolute atomic E-state index is 0.0874. The Bertz CT molecular complexity index is 925. The van der Waals surface area contributed by atoms with Crippen LogP contribution >= 0.6 is 0 Å². The van der Waals surface area contributed by atoms with Crippen molar-refractivity contribution in [2.45, 2.75) is 18.9 Å². The third kappa shape index (κ3) is 3.08. The minimum atomic E-state index is -0.156. The molecule has 7 nitrogen and oxygen atoms in total. The summed E-state index contributed by atoms with van der Waals surface area (Å²) in [5.41, 5.74) is 2.04. The molecular formula is C19H21N5O2. The van der Waals surface area contributed by atoms with Crippen LogP contribution in [0.2, 0.25) is 0 Å². The molecule has 1 aromatic carbocycles. The first kappa shape index (κ1) is 16.4. The topological polar surface area (TPSA) is 84.8 Å². The second-order valence-corrected chi connectivity index (χ2v) is 6.58. The quantitative estimate of drug-likeness (QED) is 0.715. The third-order valence-corrected chi connectivity index (χ3v) is 4.76. The Balaban J connectivity index is 1.61. The van der Waals surface area contributed by atoms with Crippen LogP contribution < -0.4 is 10.1 Å². The number of amides is 1. The number of carbonyl (C=O) groups is 1. The van der Waals surface area contributed by atoms with Crippen molar-refractivity contribution in [1.29, 1.82) is 0 Å². The number of aryl methyl sites for hydroxylation is 1. The lowest BCUT2D eigenvalue weighted by atomic mass is 10.1. The van der Waals surface area contributed by atoms with Gasteiger partial charge in [0.2, 0.25) is 0 Å². The highest BCUT2D eigenvalue weighted by molar-refractivity contribution is 6.00. The first-order valence-corrected chi connectivity index (χ1v) is 8.63. The van der Waals surface area contributed by atoms with Gasteiger partial charge >= 0.3 is 0 Å². The van der Waals surface area contributed by atoms with E-state index in [1.54, 1.807) is 19.5 Å². The number of carbonyl (C=O) groups excluding carboxylic acids is 1. The molecule has 0 radical (unpaired) electrons. The molecule has 7 heteroatoms. The van der Waals surface area contributed by atoms with Crippen LogP contribution in [0, 0.1) is 5.92 Å². The molecule has 0 saturated heterocycles. The van der Waals surface area contributed by atoms with Crippen molar-refractivity contribution < 1.29 is 9.53 Å². The van der Waals surface area contributed by atoms with Crippen molar-refractivity contribution in [3.63, 3.8) is 0 Å². The average Bonchev–Trinajstić information content (AvgIpc) is 3.22. The van der Waals surface area contributed by atoms with Crippen LogP contribution in [0.3, 0.4) is 0 Å². The van der Waals surface area contributed by atoms with Crippen molar-refractivity contribution in [3.05, 3.63) is 54.2 Å². The van der Waals surface area contributed by atoms with E-state index < -0.39 is 0 Å². The first-order chi connectivity index (χ1) is 12.7. The van der Waals surface area contributed by atoms with Gasteiger partial charge in [0.25, 0.3) is 5.91 Å². The molecule has 0 unspecified atom stereocenters. The smallest absolute Gasteiger partial charge is 0.255 e. The lowest BCUT2D eigenvalue weighted by molar-refractivity contribution is 0.0929. The predicted octanol–water partition coefficient (Wildman–Crippen LogP) is 2.70. The van der Waals surface area contributed by atoms with E-state index in [2.05, 4.69) is 20.5 Å². The van der Waals surface area contributed by atoms with E-state index in [-0.39, 0.29) is 11.9 Å². The Hall–Kier alpha value is -3.09. The van der Waals surface area contributed by atoms with Crippen LogP contribution in [0.5, 0.6) is 5.75 Å². The number of aromatic nitrogens is 4. The second kappa shape index (κ2) is 6.67. The molecule has 2 aromatic heterocycles. The van der Waals surface area contributed by atoms with Crippen molar-refractivity contribution in [3.8, 4) is 17.0 Å². The molecular weight excluding hydrogens is 330 g/mol. The molecule has 0 spiro atoms. The van der Waals surface area contributed by atoms with Gasteiger partial charge in [-0.25, -0.2) is 4.98 Å². The minimum Gasteiger partial charge on any atom is -0.497 e. The molecule has 4 rings (SSSR count). The molecule has 26 heavy (non-hydrogen) atoms. The fraction of sp³-hybridized carbons (Fsp3) is 0.316. The summed E-state index contributed by atoms with van der Waals surface area (Å²) < 4.78 is 7.23. The Kier molecular flexibility index (Phi) is 4.20. The van der Waals surface area contributed by atoms with Crippen LogP contribution in [-0.4, -0.2) is 32.8 Å². The van der Waals surface area contributed by atoms with Gasteiger partial charge in [0.05, 0.1) is 30.6 Å². The van der Waals surface area contributed by atoms with Crippen molar-refractivity contribution in [2.75, 3.05) is 7.11 Å². The number of nitrogens with one attached hydrogen (secondary N) is 2. The number of hydrogen-bond donors (Lipinski definition) is 2. The summed E-state index contributed by atoms with van der Waals surface area (Å²) in [5, 5.41) is 10.2. The molecule has 1 fully saturated rings. The van der Waals surface area contributed by atoms with Crippen molar-refractivity contribution in [2.24, 2.45) is 13.0 Å². The molecule has 3 aromatic rings. The predicted molar refractivity (Wildman–Crippen MR) is 96.7 cm³/mol. The van der Waals surface area contributed by atoms with Gasteiger partial charge in [-0.15, -0.1) is 0 Å². The maximum atomic E-state index is 13.0. The highest BCUT2D eigenvalue weighted by Gasteiger charge is 2.36. The number of methoxy groups -OCH3 is 1. The number of nitrogens with zero attached hydrogens (tertiary/aromatic N) is 3. The zero-order chi connectivity index (χ0) is 18.1. The molecule has 0 bridgehead atoms. The first-order valence-electron chi connectivity index (χ1n) is 8.63. The third-order valence-electron chi connectivity index (χ3n) is 4.76. The van der Waals surface area contributed by atoms with Gasteiger partial charge in [-0.05, 0) is 30.9 Å². The van der Waals surface area contributed by atoms with E-state index in [1.165, 1.54) is 0 Å². The lowest BCUT2D eigenvalue weighted by Gasteiger charge is -2.18. The van der Waals surface area contributed by atoms with E-state index in [0.29, 0.717) is 17.2 Å². The van der Waals surface area contributed by atoms with E-state index in [0.717, 1.165) is 30.0 Å². The molecule has 0 aliphatic heterocycles. The zero-order valence-corrected chi connectivity index (χ0v) is 14.8. The second-order valence-electron chi connectivity index (χ2n) is 6.58. The van der Waals surface area contributed by atoms with Crippen LogP contribution in [0.15, 0.2) is 42.9 Å². The Morgan fingerprint density at radius 3 is 2.96 bits per heavy atom. The normalized spacial score (nSPS) is 14.8. The van der Waals surface area contributed by atoms with Crippen molar-refractivity contribution in [1.82, 2.24) is 25.1 Å². The number of benzene rings is 1. The van der Waals surface area contributed by atoms with Gasteiger partial charge in [0.15, 0.2) is 0 Å². The highest BCUT2D eigenvalue weighted by Crippen LogP contribution is 2.40. The van der Waals surface area contributed by atoms with Gasteiger partial charge in [0, 0.05) is 25.0 Å². The summed E-state index contributed by atoms with van der Waals surface area (Å²) in [5.74, 6) is 1.89. The maximum absolute atomic E-state index is 13.0. The summed E-state index contributed by atoms with van der Waals surface area (Å²) in [6, 6.07) is 7.46. The van der Waals surface area contributed by atoms with E-state index in [9.17, 15) is 4.79 Å². The molecule has 1 aliphatic rings. The number of rotatable bonds is 6. The monoisotopic (exact) mass is 351 g/mol. The fourth-order valence-electron chi connectivity index (χ4n) is 3.18. The Labute approximate surface area is 151 Å². The summed E-state index contributed by atoms with van der Waals surface area (Å²) in [6.45, 7) is 0. The maximum Gasteiger partial charge on any atom is 0.255 e. The van der Waals surface area contributed by atoms with Gasteiger partial charge < -0.3 is 14.6 Å². The van der Waals surface area contributed by atoms with Crippen LogP contribution in [0.1, 0.15) is 35.1 Å². The number of H-pyrrole nitrogens is 1. The fourth-order valence-corrected chi connectivity index (χ4v) is 3.18. The molecule has 1 aliphatic carbocycles. The molecule has 2 heterocycles. The van der Waals surface area contributed by atoms with Crippen LogP contribution in [0.25, 0.3) is 11.3 Å².